The second-order valence-electron chi connectivity index (χ2n) is 6.21. The van der Waals surface area contributed by atoms with Crippen molar-refractivity contribution in [2.75, 3.05) is 0 Å². The predicted octanol–water partition coefficient (Wildman–Crippen LogP) is 6.18. The minimum Gasteiger partial charge on any atom is -0.258 e. The van der Waals surface area contributed by atoms with Gasteiger partial charge in [0.05, 0.1) is 10.5 Å². The van der Waals surface area contributed by atoms with Crippen molar-refractivity contribution in [3.63, 3.8) is 0 Å². The number of non-ortho nitro benzene ring substituents is 1. The largest absolute Gasteiger partial charge is 0.416 e. The highest BCUT2D eigenvalue weighted by Crippen LogP contribution is 2.46. The summed E-state index contributed by atoms with van der Waals surface area (Å²) in [7, 11) is 0. The lowest BCUT2D eigenvalue weighted by Gasteiger charge is -2.07. The molecule has 0 atom stereocenters. The molecule has 0 aromatic heterocycles. The van der Waals surface area contributed by atoms with Gasteiger partial charge in [0.2, 0.25) is 0 Å². The van der Waals surface area contributed by atoms with Crippen molar-refractivity contribution in [3.8, 4) is 11.1 Å². The molecular formula is C21H12F3NO2. The number of rotatable bonds is 2. The first-order chi connectivity index (χ1) is 12.8. The van der Waals surface area contributed by atoms with Crippen LogP contribution in [0.15, 0.2) is 66.7 Å². The zero-order valence-corrected chi connectivity index (χ0v) is 13.8. The number of nitro groups is 1. The second kappa shape index (κ2) is 6.09. The summed E-state index contributed by atoms with van der Waals surface area (Å²) in [5, 5.41) is 11.1. The number of nitrogens with zero attached hydrogens (tertiary/aromatic N) is 1. The van der Waals surface area contributed by atoms with Crippen LogP contribution in [0.4, 0.5) is 18.9 Å². The third-order valence-corrected chi connectivity index (χ3v) is 4.56. The quantitative estimate of drug-likeness (QED) is 0.313. The Morgan fingerprint density at radius 2 is 1.44 bits per heavy atom. The molecule has 0 amide bonds. The first kappa shape index (κ1) is 17.0. The van der Waals surface area contributed by atoms with Crippen molar-refractivity contribution in [2.45, 2.75) is 6.18 Å². The predicted molar refractivity (Wildman–Crippen MR) is 96.9 cm³/mol. The van der Waals surface area contributed by atoms with E-state index in [0.29, 0.717) is 11.1 Å². The molecule has 4 rings (SSSR count). The summed E-state index contributed by atoms with van der Waals surface area (Å²) >= 11 is 0. The highest BCUT2D eigenvalue weighted by atomic mass is 19.4. The van der Waals surface area contributed by atoms with Gasteiger partial charge in [0, 0.05) is 12.1 Å². The van der Waals surface area contributed by atoms with E-state index in [4.69, 9.17) is 0 Å². The lowest BCUT2D eigenvalue weighted by atomic mass is 10.00. The van der Waals surface area contributed by atoms with E-state index < -0.39 is 16.7 Å². The maximum absolute atomic E-state index is 12.8. The Morgan fingerprint density at radius 1 is 0.815 bits per heavy atom. The average Bonchev–Trinajstić information content (AvgIpc) is 2.95. The molecule has 0 aliphatic heterocycles. The molecule has 0 saturated heterocycles. The molecule has 3 nitrogen and oxygen atoms in total. The molecule has 6 heteroatoms. The summed E-state index contributed by atoms with van der Waals surface area (Å²) < 4.78 is 38.3. The van der Waals surface area contributed by atoms with E-state index in [1.807, 2.05) is 24.3 Å². The van der Waals surface area contributed by atoms with Crippen LogP contribution in [0, 0.1) is 10.1 Å². The summed E-state index contributed by atoms with van der Waals surface area (Å²) in [6.07, 6.45) is -2.63. The van der Waals surface area contributed by atoms with Gasteiger partial charge in [-0.15, -0.1) is 0 Å². The highest BCUT2D eigenvalue weighted by molar-refractivity contribution is 6.06. The van der Waals surface area contributed by atoms with Gasteiger partial charge >= 0.3 is 6.18 Å². The third-order valence-electron chi connectivity index (χ3n) is 4.56. The standard InChI is InChI=1S/C21H12F3NO2/c22-21(23,24)14-7-5-13(6-8-14)11-19-17-4-2-1-3-16(17)18-10-9-15(25(26)27)12-20(18)19/h1-12H/b19-11+. The van der Waals surface area contributed by atoms with Crippen LogP contribution >= 0.6 is 0 Å². The molecule has 0 spiro atoms. The molecule has 0 fully saturated rings. The SMILES string of the molecule is O=[N+]([O-])c1ccc2c(c1)/C(=C/c1ccc(C(F)(F)F)cc1)c1ccccc1-2. The zero-order chi connectivity index (χ0) is 19.2. The molecule has 0 heterocycles. The van der Waals surface area contributed by atoms with Crippen molar-refractivity contribution in [2.24, 2.45) is 0 Å². The van der Waals surface area contributed by atoms with Crippen molar-refractivity contribution < 1.29 is 18.1 Å². The van der Waals surface area contributed by atoms with E-state index in [9.17, 15) is 23.3 Å². The van der Waals surface area contributed by atoms with Crippen LogP contribution in [0.1, 0.15) is 22.3 Å². The summed E-state index contributed by atoms with van der Waals surface area (Å²) in [5.74, 6) is 0. The molecule has 0 radical (unpaired) electrons. The molecule has 134 valence electrons. The van der Waals surface area contributed by atoms with E-state index in [1.165, 1.54) is 24.3 Å². The number of nitro benzene ring substituents is 1. The third kappa shape index (κ3) is 2.99. The number of halogens is 3. The summed E-state index contributed by atoms with van der Waals surface area (Å²) in [6.45, 7) is 0. The van der Waals surface area contributed by atoms with E-state index >= 15 is 0 Å². The van der Waals surface area contributed by atoms with Gasteiger partial charge in [-0.2, -0.15) is 13.2 Å². The van der Waals surface area contributed by atoms with Crippen LogP contribution in [-0.2, 0) is 6.18 Å². The van der Waals surface area contributed by atoms with Gasteiger partial charge in [0.15, 0.2) is 0 Å². The fraction of sp³-hybridized carbons (Fsp3) is 0.0476. The number of alkyl halides is 3. The Bertz CT molecular complexity index is 1080. The van der Waals surface area contributed by atoms with E-state index in [2.05, 4.69) is 0 Å². The Kier molecular flexibility index (Phi) is 3.84. The van der Waals surface area contributed by atoms with Crippen LogP contribution in [0.25, 0.3) is 22.8 Å². The van der Waals surface area contributed by atoms with Crippen molar-refractivity contribution >= 4 is 17.3 Å². The maximum Gasteiger partial charge on any atom is 0.416 e. The normalized spacial score (nSPS) is 14.1. The molecule has 0 N–H and O–H groups in total. The smallest absolute Gasteiger partial charge is 0.258 e. The fourth-order valence-electron chi connectivity index (χ4n) is 3.29. The molecule has 0 saturated carbocycles. The lowest BCUT2D eigenvalue weighted by Crippen LogP contribution is -2.04. The van der Waals surface area contributed by atoms with E-state index in [0.717, 1.165) is 34.4 Å². The van der Waals surface area contributed by atoms with E-state index in [1.54, 1.807) is 12.1 Å². The topological polar surface area (TPSA) is 43.1 Å². The van der Waals surface area contributed by atoms with Crippen molar-refractivity contribution in [1.29, 1.82) is 0 Å². The van der Waals surface area contributed by atoms with E-state index in [-0.39, 0.29) is 5.69 Å². The minimum absolute atomic E-state index is 0.0279. The number of benzene rings is 3. The molecule has 27 heavy (non-hydrogen) atoms. The average molecular weight is 367 g/mol. The van der Waals surface area contributed by atoms with Gasteiger partial charge < -0.3 is 0 Å². The molecule has 1 aliphatic rings. The molecule has 1 aliphatic carbocycles. The van der Waals surface area contributed by atoms with Gasteiger partial charge in [0.25, 0.3) is 5.69 Å². The van der Waals surface area contributed by atoms with Crippen LogP contribution < -0.4 is 0 Å². The molecule has 3 aromatic carbocycles. The molecular weight excluding hydrogens is 355 g/mol. The van der Waals surface area contributed by atoms with Crippen molar-refractivity contribution in [3.05, 3.63) is 99.1 Å². The van der Waals surface area contributed by atoms with Gasteiger partial charge in [0.1, 0.15) is 0 Å². The zero-order valence-electron chi connectivity index (χ0n) is 13.8. The Hall–Kier alpha value is -3.41. The van der Waals surface area contributed by atoms with Gasteiger partial charge in [-0.25, -0.2) is 0 Å². The van der Waals surface area contributed by atoms with Crippen molar-refractivity contribution in [1.82, 2.24) is 0 Å². The first-order valence-corrected chi connectivity index (χ1v) is 8.12. The van der Waals surface area contributed by atoms with Crippen LogP contribution in [0.3, 0.4) is 0 Å². The van der Waals surface area contributed by atoms with Gasteiger partial charge in [-0.1, -0.05) is 36.4 Å². The second-order valence-corrected chi connectivity index (χ2v) is 6.21. The Balaban J connectivity index is 1.86. The molecule has 0 bridgehead atoms. The van der Waals surface area contributed by atoms with Gasteiger partial charge in [-0.3, -0.25) is 10.1 Å². The number of fused-ring (bicyclic) bond motifs is 3. The van der Waals surface area contributed by atoms with Crippen LogP contribution in [0.2, 0.25) is 0 Å². The highest BCUT2D eigenvalue weighted by Gasteiger charge is 2.30. The Morgan fingerprint density at radius 3 is 2.07 bits per heavy atom. The van der Waals surface area contributed by atoms with Gasteiger partial charge in [-0.05, 0) is 57.7 Å². The summed E-state index contributed by atoms with van der Waals surface area (Å²) in [5.41, 5.74) is 4.01. The number of hydrogen-bond acceptors (Lipinski definition) is 2. The number of hydrogen-bond donors (Lipinski definition) is 0. The molecule has 0 unspecified atom stereocenters. The fourth-order valence-corrected chi connectivity index (χ4v) is 3.29. The minimum atomic E-state index is -4.39. The summed E-state index contributed by atoms with van der Waals surface area (Å²) in [6, 6.07) is 17.1. The monoisotopic (exact) mass is 367 g/mol. The Labute approximate surface area is 152 Å². The maximum atomic E-state index is 12.8. The first-order valence-electron chi connectivity index (χ1n) is 8.12. The van der Waals surface area contributed by atoms with Crippen LogP contribution in [-0.4, -0.2) is 4.92 Å². The molecule has 3 aromatic rings. The lowest BCUT2D eigenvalue weighted by molar-refractivity contribution is -0.384. The summed E-state index contributed by atoms with van der Waals surface area (Å²) in [4.78, 5) is 10.7. The van der Waals surface area contributed by atoms with Crippen LogP contribution in [0.5, 0.6) is 0 Å².